The minimum absolute atomic E-state index is 0. The van der Waals surface area contributed by atoms with Crippen LogP contribution in [0.4, 0.5) is 0 Å². The van der Waals surface area contributed by atoms with Crippen LogP contribution < -0.4 is 51.4 Å². The average molecular weight is 229 g/mol. The summed E-state index contributed by atoms with van der Waals surface area (Å²) in [4.78, 5) is 14.2. The summed E-state index contributed by atoms with van der Waals surface area (Å²) in [6, 6.07) is 0. The maximum Gasteiger partial charge on any atom is 1.00 e. The van der Waals surface area contributed by atoms with Crippen molar-refractivity contribution in [3.63, 3.8) is 0 Å². The van der Waals surface area contributed by atoms with Crippen molar-refractivity contribution >= 4 is 20.0 Å². The largest absolute Gasteiger partial charge is 1.00 e. The zero-order chi connectivity index (χ0) is 7.70. The molecule has 0 heterocycles. The van der Waals surface area contributed by atoms with E-state index >= 15 is 0 Å². The van der Waals surface area contributed by atoms with Gasteiger partial charge in [-0.15, -0.1) is 9.79 Å². The van der Waals surface area contributed by atoms with Gasteiger partial charge in [-0.05, 0) is 11.5 Å². The van der Waals surface area contributed by atoms with Crippen LogP contribution in [0.25, 0.3) is 0 Å². The van der Waals surface area contributed by atoms with Crippen LogP contribution in [-0.4, -0.2) is 26.8 Å². The molecular weight excluding hydrogens is 214 g/mol. The van der Waals surface area contributed by atoms with E-state index in [-0.39, 0.29) is 58.3 Å². The summed E-state index contributed by atoms with van der Waals surface area (Å²) in [5, 5.41) is 0. The molecule has 0 saturated heterocycles. The maximum atomic E-state index is 8.70. The van der Waals surface area contributed by atoms with Crippen molar-refractivity contribution in [3.05, 3.63) is 0 Å². The fourth-order valence-electron chi connectivity index (χ4n) is 0.204. The molecule has 0 aliphatic heterocycles. The van der Waals surface area contributed by atoms with Crippen LogP contribution in [0, 0.1) is 0 Å². The molecule has 0 aliphatic rings. The molecule has 0 unspecified atom stereocenters. The minimum Gasteiger partial charge on any atom is -1.00 e. The number of hydrogen-bond acceptors (Lipinski definition) is 2. The first kappa shape index (κ1) is 23.1. The van der Waals surface area contributed by atoms with Gasteiger partial charge in [-0.3, -0.25) is 0 Å². The Morgan fingerprint density at radius 3 is 1.55 bits per heavy atom. The normalized spacial score (nSPS) is 6.18. The van der Waals surface area contributed by atoms with Crippen LogP contribution in [0.1, 0.15) is 15.3 Å². The van der Waals surface area contributed by atoms with Crippen LogP contribution in [-0.2, 0) is 4.57 Å². The molecular formula is C4H15KO4PS+. The Kier molecular flexibility index (Phi) is 47.6. The zero-order valence-electron chi connectivity index (χ0n) is 8.07. The monoisotopic (exact) mass is 229 g/mol. The second-order valence-electron chi connectivity index (χ2n) is 1.03. The van der Waals surface area contributed by atoms with E-state index in [0.717, 1.165) is 0 Å². The van der Waals surface area contributed by atoms with Gasteiger partial charge < -0.3 is 6.90 Å². The molecule has 0 aromatic carbocycles. The minimum atomic E-state index is -2.87. The molecule has 0 aliphatic carbocycles. The van der Waals surface area contributed by atoms with Gasteiger partial charge in [0, 0.05) is 4.57 Å². The van der Waals surface area contributed by atoms with E-state index < -0.39 is 8.25 Å². The molecule has 0 bridgehead atoms. The van der Waals surface area contributed by atoms with Crippen molar-refractivity contribution in [2.24, 2.45) is 0 Å². The van der Waals surface area contributed by atoms with Crippen molar-refractivity contribution in [3.8, 4) is 0 Å². The standard InChI is InChI=1S/C4H10S.K.HO3P.H2O.H/c1-3-5-4-2;;1-4(2)3;;/h3-4H2,1-2H3;;(H-,1,2,3);1H2;/q;+1;;;-1/p+1. The van der Waals surface area contributed by atoms with Gasteiger partial charge in [0.1, 0.15) is 0 Å². The van der Waals surface area contributed by atoms with Gasteiger partial charge in [0.2, 0.25) is 0 Å². The van der Waals surface area contributed by atoms with E-state index in [1.807, 2.05) is 11.8 Å². The third-order valence-corrected chi connectivity index (χ3v) is 1.22. The number of rotatable bonds is 2. The molecule has 4 N–H and O–H groups in total. The molecule has 66 valence electrons. The second-order valence-corrected chi connectivity index (χ2v) is 3.10. The van der Waals surface area contributed by atoms with Crippen LogP contribution in [0.5, 0.6) is 0 Å². The molecule has 7 heteroatoms. The molecule has 0 aromatic heterocycles. The Balaban J connectivity index is -0.0000000221. The summed E-state index contributed by atoms with van der Waals surface area (Å²) >= 11 is 1.96. The predicted molar refractivity (Wildman–Crippen MR) is 45.4 cm³/mol. The summed E-state index contributed by atoms with van der Waals surface area (Å²) in [5.74, 6) is 2.52. The molecule has 0 amide bonds. The second kappa shape index (κ2) is 22.7. The van der Waals surface area contributed by atoms with E-state index in [1.54, 1.807) is 0 Å². The number of hydrogen-bond donors (Lipinski definition) is 2. The topological polar surface area (TPSA) is 89.0 Å². The SMILES string of the molecule is CCSCC.O.O=[P+](O)O.[H-].[K+]. The van der Waals surface area contributed by atoms with E-state index in [0.29, 0.717) is 0 Å². The van der Waals surface area contributed by atoms with Crippen molar-refractivity contribution in [1.82, 2.24) is 0 Å². The molecule has 0 fully saturated rings. The van der Waals surface area contributed by atoms with Gasteiger partial charge >= 0.3 is 59.6 Å². The van der Waals surface area contributed by atoms with E-state index in [9.17, 15) is 0 Å². The van der Waals surface area contributed by atoms with Crippen molar-refractivity contribution < 1.29 is 72.6 Å². The molecule has 4 nitrogen and oxygen atoms in total. The van der Waals surface area contributed by atoms with Crippen molar-refractivity contribution in [1.29, 1.82) is 0 Å². The number of thioether (sulfide) groups is 1. The quantitative estimate of drug-likeness (QED) is 0.411. The smallest absolute Gasteiger partial charge is 1.00 e. The fourth-order valence-corrected chi connectivity index (χ4v) is 0.612. The zero-order valence-corrected chi connectivity index (χ0v) is 11.9. The summed E-state index contributed by atoms with van der Waals surface area (Å²) in [7, 11) is -2.87. The first-order valence-electron chi connectivity index (χ1n) is 2.57. The summed E-state index contributed by atoms with van der Waals surface area (Å²) in [5.41, 5.74) is 0. The molecule has 0 radical (unpaired) electrons. The first-order chi connectivity index (χ1) is 4.15. The van der Waals surface area contributed by atoms with Gasteiger partial charge in [-0.1, -0.05) is 13.8 Å². The van der Waals surface area contributed by atoms with Gasteiger partial charge in [0.05, 0.1) is 0 Å². The third-order valence-electron chi connectivity index (χ3n) is 0.408. The van der Waals surface area contributed by atoms with E-state index in [2.05, 4.69) is 13.8 Å². The predicted octanol–water partition coefficient (Wildman–Crippen LogP) is -2.32. The molecule has 0 saturated carbocycles. The van der Waals surface area contributed by atoms with Crippen molar-refractivity contribution in [2.45, 2.75) is 13.8 Å². The summed E-state index contributed by atoms with van der Waals surface area (Å²) in [6.07, 6.45) is 0. The third kappa shape index (κ3) is 75.6. The van der Waals surface area contributed by atoms with Gasteiger partial charge in [0.25, 0.3) is 0 Å². The Labute approximate surface area is 116 Å². The van der Waals surface area contributed by atoms with Crippen LogP contribution >= 0.6 is 20.0 Å². The Bertz CT molecular complexity index is 74.1. The van der Waals surface area contributed by atoms with E-state index in [4.69, 9.17) is 14.4 Å². The summed E-state index contributed by atoms with van der Waals surface area (Å²) < 4.78 is 8.70. The maximum absolute atomic E-state index is 8.70. The van der Waals surface area contributed by atoms with Crippen LogP contribution in [0.15, 0.2) is 0 Å². The molecule has 11 heavy (non-hydrogen) atoms. The molecule has 0 aromatic rings. The van der Waals surface area contributed by atoms with Gasteiger partial charge in [0.15, 0.2) is 0 Å². The van der Waals surface area contributed by atoms with Gasteiger partial charge in [-0.2, -0.15) is 11.8 Å². The van der Waals surface area contributed by atoms with Crippen molar-refractivity contribution in [2.75, 3.05) is 11.5 Å². The summed E-state index contributed by atoms with van der Waals surface area (Å²) in [6.45, 7) is 4.35. The Morgan fingerprint density at radius 1 is 1.36 bits per heavy atom. The van der Waals surface area contributed by atoms with Crippen LogP contribution in [0.3, 0.4) is 0 Å². The van der Waals surface area contributed by atoms with E-state index in [1.165, 1.54) is 11.5 Å². The molecule has 0 rings (SSSR count). The average Bonchev–Trinajstić information content (AvgIpc) is 1.66. The van der Waals surface area contributed by atoms with Crippen LogP contribution in [0.2, 0.25) is 0 Å². The Morgan fingerprint density at radius 2 is 1.55 bits per heavy atom. The Hall–Kier alpha value is 1.97. The fraction of sp³-hybridized carbons (Fsp3) is 1.00. The molecule has 0 atom stereocenters. The molecule has 0 spiro atoms. The first-order valence-corrected chi connectivity index (χ1v) is 4.89. The van der Waals surface area contributed by atoms with Gasteiger partial charge in [-0.25, -0.2) is 0 Å².